The van der Waals surface area contributed by atoms with Gasteiger partial charge in [-0.15, -0.1) is 0 Å². The lowest BCUT2D eigenvalue weighted by Crippen LogP contribution is -2.29. The first-order chi connectivity index (χ1) is 9.58. The first-order valence-electron chi connectivity index (χ1n) is 7.06. The fourth-order valence-electron chi connectivity index (χ4n) is 2.40. The van der Waals surface area contributed by atoms with Gasteiger partial charge in [0.1, 0.15) is 5.82 Å². The second-order valence-corrected chi connectivity index (χ2v) is 5.44. The fourth-order valence-corrected chi connectivity index (χ4v) is 2.40. The lowest BCUT2D eigenvalue weighted by atomic mass is 9.97. The van der Waals surface area contributed by atoms with E-state index in [1.54, 1.807) is 0 Å². The number of hydrogen-bond donors (Lipinski definition) is 1. The number of hydrogen-bond acceptors (Lipinski definition) is 1. The van der Waals surface area contributed by atoms with Crippen LogP contribution >= 0.6 is 0 Å². The Kier molecular flexibility index (Phi) is 4.91. The smallest absolute Gasteiger partial charge is 0.123 e. The van der Waals surface area contributed by atoms with Gasteiger partial charge in [-0.05, 0) is 68.1 Å². The van der Waals surface area contributed by atoms with Crippen molar-refractivity contribution in [2.24, 2.45) is 0 Å². The molecule has 106 valence electrons. The molecule has 0 fully saturated rings. The molecule has 1 nitrogen and oxygen atoms in total. The van der Waals surface area contributed by atoms with Crippen molar-refractivity contribution in [2.75, 3.05) is 7.05 Å². The Bertz CT molecular complexity index is 560. The minimum absolute atomic E-state index is 0.177. The van der Waals surface area contributed by atoms with Gasteiger partial charge in [-0.1, -0.05) is 30.3 Å². The van der Waals surface area contributed by atoms with Crippen molar-refractivity contribution in [3.63, 3.8) is 0 Å². The highest BCUT2D eigenvalue weighted by atomic mass is 19.1. The SMILES string of the molecule is CNC(Cc1ccc(F)cc1)Cc1ccc(C)c(C)c1. The standard InChI is InChI=1S/C18H22FN/c1-13-4-5-16(10-14(13)2)12-18(20-3)11-15-6-8-17(19)9-7-15/h4-10,18,20H,11-12H2,1-3H3. The maximum absolute atomic E-state index is 12.9. The van der Waals surface area contributed by atoms with Crippen molar-refractivity contribution >= 4 is 0 Å². The van der Waals surface area contributed by atoms with Gasteiger partial charge in [-0.2, -0.15) is 0 Å². The third-order valence-electron chi connectivity index (χ3n) is 3.86. The van der Waals surface area contributed by atoms with Crippen LogP contribution in [0.15, 0.2) is 42.5 Å². The van der Waals surface area contributed by atoms with Gasteiger partial charge in [-0.3, -0.25) is 0 Å². The van der Waals surface area contributed by atoms with Gasteiger partial charge in [-0.25, -0.2) is 4.39 Å². The third-order valence-corrected chi connectivity index (χ3v) is 3.86. The summed E-state index contributed by atoms with van der Waals surface area (Å²) in [7, 11) is 1.98. The summed E-state index contributed by atoms with van der Waals surface area (Å²) in [6.45, 7) is 4.28. The summed E-state index contributed by atoms with van der Waals surface area (Å²) in [6.07, 6.45) is 1.89. The van der Waals surface area contributed by atoms with E-state index in [0.717, 1.165) is 18.4 Å². The summed E-state index contributed by atoms with van der Waals surface area (Å²) in [5.74, 6) is -0.177. The molecule has 0 aliphatic carbocycles. The number of halogens is 1. The molecule has 0 saturated heterocycles. The molecule has 0 aliphatic heterocycles. The van der Waals surface area contributed by atoms with Gasteiger partial charge in [0.05, 0.1) is 0 Å². The van der Waals surface area contributed by atoms with Crippen LogP contribution in [0.2, 0.25) is 0 Å². The molecule has 20 heavy (non-hydrogen) atoms. The van der Waals surface area contributed by atoms with Crippen molar-refractivity contribution in [1.82, 2.24) is 5.32 Å². The van der Waals surface area contributed by atoms with Crippen LogP contribution in [0.25, 0.3) is 0 Å². The number of likely N-dealkylation sites (N-methyl/N-ethyl adjacent to an activating group) is 1. The van der Waals surface area contributed by atoms with E-state index in [4.69, 9.17) is 0 Å². The lowest BCUT2D eigenvalue weighted by Gasteiger charge is -2.17. The molecule has 1 N–H and O–H groups in total. The quantitative estimate of drug-likeness (QED) is 0.872. The molecule has 0 aromatic heterocycles. The van der Waals surface area contributed by atoms with Crippen molar-refractivity contribution in [2.45, 2.75) is 32.7 Å². The first kappa shape index (κ1) is 14.7. The zero-order chi connectivity index (χ0) is 14.5. The van der Waals surface area contributed by atoms with E-state index in [1.807, 2.05) is 19.2 Å². The largest absolute Gasteiger partial charge is 0.316 e. The van der Waals surface area contributed by atoms with Crippen LogP contribution in [-0.4, -0.2) is 13.1 Å². The Morgan fingerprint density at radius 2 is 1.50 bits per heavy atom. The highest BCUT2D eigenvalue weighted by Gasteiger charge is 2.09. The van der Waals surface area contributed by atoms with E-state index in [-0.39, 0.29) is 5.82 Å². The molecule has 2 aromatic carbocycles. The normalized spacial score (nSPS) is 12.4. The maximum Gasteiger partial charge on any atom is 0.123 e. The molecule has 0 amide bonds. The zero-order valence-corrected chi connectivity index (χ0v) is 12.4. The monoisotopic (exact) mass is 271 g/mol. The van der Waals surface area contributed by atoms with Crippen LogP contribution in [0.4, 0.5) is 4.39 Å². The summed E-state index contributed by atoms with van der Waals surface area (Å²) in [5.41, 5.74) is 5.16. The van der Waals surface area contributed by atoms with Gasteiger partial charge in [0.25, 0.3) is 0 Å². The van der Waals surface area contributed by atoms with Crippen LogP contribution in [0.5, 0.6) is 0 Å². The highest BCUT2D eigenvalue weighted by Crippen LogP contribution is 2.14. The summed E-state index contributed by atoms with van der Waals surface area (Å²) in [5, 5.41) is 3.35. The molecule has 0 aliphatic rings. The van der Waals surface area contributed by atoms with Crippen molar-refractivity contribution < 1.29 is 4.39 Å². The minimum atomic E-state index is -0.177. The van der Waals surface area contributed by atoms with Crippen molar-refractivity contribution in [1.29, 1.82) is 0 Å². The molecule has 1 atom stereocenters. The Morgan fingerprint density at radius 3 is 2.10 bits per heavy atom. The Morgan fingerprint density at radius 1 is 0.900 bits per heavy atom. The predicted octanol–water partition coefficient (Wildman–Crippen LogP) is 3.82. The van der Waals surface area contributed by atoms with Crippen LogP contribution in [-0.2, 0) is 12.8 Å². The molecule has 0 heterocycles. The van der Waals surface area contributed by atoms with Crippen LogP contribution in [0, 0.1) is 19.7 Å². The Labute approximate surface area is 120 Å². The number of benzene rings is 2. The van der Waals surface area contributed by atoms with E-state index in [9.17, 15) is 4.39 Å². The first-order valence-corrected chi connectivity index (χ1v) is 7.06. The van der Waals surface area contributed by atoms with Crippen LogP contribution in [0.3, 0.4) is 0 Å². The highest BCUT2D eigenvalue weighted by molar-refractivity contribution is 5.30. The van der Waals surface area contributed by atoms with Gasteiger partial charge < -0.3 is 5.32 Å². The molecule has 0 radical (unpaired) electrons. The molecule has 0 bridgehead atoms. The van der Waals surface area contributed by atoms with Gasteiger partial charge in [0.15, 0.2) is 0 Å². The van der Waals surface area contributed by atoms with E-state index in [1.165, 1.54) is 28.8 Å². The molecule has 1 unspecified atom stereocenters. The maximum atomic E-state index is 12.9. The van der Waals surface area contributed by atoms with Crippen LogP contribution in [0.1, 0.15) is 22.3 Å². The lowest BCUT2D eigenvalue weighted by molar-refractivity contribution is 0.555. The van der Waals surface area contributed by atoms with E-state index < -0.39 is 0 Å². The number of rotatable bonds is 5. The minimum Gasteiger partial charge on any atom is -0.316 e. The molecular formula is C18H22FN. The number of aryl methyl sites for hydroxylation is 2. The van der Waals surface area contributed by atoms with Gasteiger partial charge in [0, 0.05) is 6.04 Å². The van der Waals surface area contributed by atoms with E-state index in [0.29, 0.717) is 6.04 Å². The predicted molar refractivity (Wildman–Crippen MR) is 82.6 cm³/mol. The van der Waals surface area contributed by atoms with Crippen molar-refractivity contribution in [3.8, 4) is 0 Å². The Hall–Kier alpha value is -1.67. The van der Waals surface area contributed by atoms with Crippen molar-refractivity contribution in [3.05, 3.63) is 70.5 Å². The van der Waals surface area contributed by atoms with E-state index in [2.05, 4.69) is 37.4 Å². The van der Waals surface area contributed by atoms with Crippen LogP contribution < -0.4 is 5.32 Å². The zero-order valence-electron chi connectivity index (χ0n) is 12.4. The summed E-state index contributed by atoms with van der Waals surface area (Å²) < 4.78 is 12.9. The van der Waals surface area contributed by atoms with E-state index >= 15 is 0 Å². The summed E-state index contributed by atoms with van der Waals surface area (Å²) in [4.78, 5) is 0. The molecule has 2 heteroatoms. The fraction of sp³-hybridized carbons (Fsp3) is 0.333. The average Bonchev–Trinajstić information content (AvgIpc) is 2.44. The molecular weight excluding hydrogens is 249 g/mol. The average molecular weight is 271 g/mol. The summed E-state index contributed by atoms with van der Waals surface area (Å²) >= 11 is 0. The van der Waals surface area contributed by atoms with Gasteiger partial charge >= 0.3 is 0 Å². The molecule has 0 saturated carbocycles. The second-order valence-electron chi connectivity index (χ2n) is 5.44. The third kappa shape index (κ3) is 3.91. The Balaban J connectivity index is 2.04. The summed E-state index contributed by atoms with van der Waals surface area (Å²) in [6, 6.07) is 13.8. The molecule has 0 spiro atoms. The second kappa shape index (κ2) is 6.67. The molecule has 2 rings (SSSR count). The number of nitrogens with one attached hydrogen (secondary N) is 1. The van der Waals surface area contributed by atoms with Gasteiger partial charge in [0.2, 0.25) is 0 Å². The molecule has 2 aromatic rings. The topological polar surface area (TPSA) is 12.0 Å².